The van der Waals surface area contributed by atoms with E-state index in [0.717, 1.165) is 16.0 Å². The number of aromatic nitrogens is 2. The molecule has 1 N–H and O–H groups in total. The molecule has 2 rings (SSSR count). The second-order valence-corrected chi connectivity index (χ2v) is 6.46. The highest BCUT2D eigenvalue weighted by molar-refractivity contribution is 9.11. The average molecular weight is 335 g/mol. The first-order valence-electron chi connectivity index (χ1n) is 5.31. The number of hydrogen-bond acceptors (Lipinski definition) is 3. The Labute approximate surface area is 118 Å². The fraction of sp³-hybridized carbons (Fsp3) is 0.364. The number of hydrogen-bond donors (Lipinski definition) is 1. The van der Waals surface area contributed by atoms with Gasteiger partial charge in [-0.2, -0.15) is 5.10 Å². The van der Waals surface area contributed by atoms with Crippen LogP contribution in [0.25, 0.3) is 0 Å². The van der Waals surface area contributed by atoms with Gasteiger partial charge in [-0.15, -0.1) is 11.3 Å². The first-order valence-corrected chi connectivity index (χ1v) is 7.29. The maximum Gasteiger partial charge on any atom is 0.0855 e. The van der Waals surface area contributed by atoms with E-state index in [9.17, 15) is 0 Å². The quantitative estimate of drug-likeness (QED) is 0.924. The summed E-state index contributed by atoms with van der Waals surface area (Å²) >= 11 is 11.4. The van der Waals surface area contributed by atoms with Crippen LogP contribution in [0.2, 0.25) is 5.02 Å². The molecule has 0 saturated heterocycles. The standard InChI is InChI=1S/C11H13BrClN3S/c1-3-16-11(7(13)6-15-16)10(14-2)8-4-5-9(12)17-8/h4-6,10,14H,3H2,1-2H3. The van der Waals surface area contributed by atoms with Crippen molar-refractivity contribution in [1.29, 1.82) is 0 Å². The molecule has 92 valence electrons. The molecular formula is C11H13BrClN3S. The third kappa shape index (κ3) is 2.57. The lowest BCUT2D eigenvalue weighted by Crippen LogP contribution is -2.20. The van der Waals surface area contributed by atoms with E-state index in [2.05, 4.69) is 39.3 Å². The van der Waals surface area contributed by atoms with Crippen molar-refractivity contribution in [3.05, 3.63) is 37.7 Å². The number of nitrogens with zero attached hydrogens (tertiary/aromatic N) is 2. The molecule has 0 fully saturated rings. The monoisotopic (exact) mass is 333 g/mol. The van der Waals surface area contributed by atoms with E-state index in [-0.39, 0.29) is 6.04 Å². The molecule has 2 aromatic heterocycles. The van der Waals surface area contributed by atoms with Crippen LogP contribution in [-0.4, -0.2) is 16.8 Å². The number of aryl methyl sites for hydroxylation is 1. The molecule has 0 aliphatic heterocycles. The zero-order valence-corrected chi connectivity index (χ0v) is 12.7. The van der Waals surface area contributed by atoms with Gasteiger partial charge < -0.3 is 5.32 Å². The second-order valence-electron chi connectivity index (χ2n) is 3.56. The molecule has 17 heavy (non-hydrogen) atoms. The Balaban J connectivity index is 2.44. The largest absolute Gasteiger partial charge is 0.307 e. The Morgan fingerprint density at radius 2 is 2.35 bits per heavy atom. The summed E-state index contributed by atoms with van der Waals surface area (Å²) in [7, 11) is 1.93. The molecule has 0 radical (unpaired) electrons. The average Bonchev–Trinajstić information content (AvgIpc) is 2.89. The molecule has 0 saturated carbocycles. The highest BCUT2D eigenvalue weighted by atomic mass is 79.9. The van der Waals surface area contributed by atoms with Gasteiger partial charge in [0.25, 0.3) is 0 Å². The van der Waals surface area contributed by atoms with Gasteiger partial charge in [0.1, 0.15) is 0 Å². The Hall–Kier alpha value is -0.360. The van der Waals surface area contributed by atoms with Gasteiger partial charge in [0, 0.05) is 11.4 Å². The van der Waals surface area contributed by atoms with Gasteiger partial charge in [-0.05, 0) is 42.0 Å². The molecule has 0 aromatic carbocycles. The van der Waals surface area contributed by atoms with Crippen molar-refractivity contribution in [3.8, 4) is 0 Å². The normalized spacial score (nSPS) is 12.9. The zero-order valence-electron chi connectivity index (χ0n) is 9.58. The van der Waals surface area contributed by atoms with Crippen LogP contribution in [-0.2, 0) is 6.54 Å². The summed E-state index contributed by atoms with van der Waals surface area (Å²) in [5, 5.41) is 8.27. The molecule has 0 amide bonds. The van der Waals surface area contributed by atoms with Crippen molar-refractivity contribution in [1.82, 2.24) is 15.1 Å². The van der Waals surface area contributed by atoms with Crippen molar-refractivity contribution in [2.24, 2.45) is 0 Å². The molecule has 2 aromatic rings. The molecule has 0 spiro atoms. The maximum atomic E-state index is 6.22. The highest BCUT2D eigenvalue weighted by Gasteiger charge is 2.21. The van der Waals surface area contributed by atoms with Crippen molar-refractivity contribution in [3.63, 3.8) is 0 Å². The molecule has 0 bridgehead atoms. The minimum Gasteiger partial charge on any atom is -0.307 e. The van der Waals surface area contributed by atoms with Gasteiger partial charge in [0.2, 0.25) is 0 Å². The van der Waals surface area contributed by atoms with Gasteiger partial charge in [-0.25, -0.2) is 0 Å². The Kier molecular flexibility index (Phi) is 4.25. The van der Waals surface area contributed by atoms with Crippen molar-refractivity contribution in [2.45, 2.75) is 19.5 Å². The van der Waals surface area contributed by atoms with E-state index in [1.54, 1.807) is 17.5 Å². The first kappa shape index (κ1) is 13.1. The van der Waals surface area contributed by atoms with Crippen molar-refractivity contribution < 1.29 is 0 Å². The van der Waals surface area contributed by atoms with Crippen molar-refractivity contribution >= 4 is 38.9 Å². The van der Waals surface area contributed by atoms with Crippen LogP contribution in [0, 0.1) is 0 Å². The summed E-state index contributed by atoms with van der Waals surface area (Å²) in [6.07, 6.45) is 1.70. The van der Waals surface area contributed by atoms with E-state index in [1.165, 1.54) is 4.88 Å². The maximum absolute atomic E-state index is 6.22. The fourth-order valence-corrected chi connectivity index (χ4v) is 3.60. The Morgan fingerprint density at radius 3 is 2.88 bits per heavy atom. The lowest BCUT2D eigenvalue weighted by molar-refractivity contribution is 0.568. The first-order chi connectivity index (χ1) is 8.17. The van der Waals surface area contributed by atoms with Crippen molar-refractivity contribution in [2.75, 3.05) is 7.05 Å². The number of halogens is 2. The molecule has 0 aliphatic carbocycles. The summed E-state index contributed by atoms with van der Waals surface area (Å²) in [4.78, 5) is 1.22. The van der Waals surface area contributed by atoms with E-state index in [4.69, 9.17) is 11.6 Å². The van der Waals surface area contributed by atoms with Crippen LogP contribution in [0.1, 0.15) is 23.5 Å². The van der Waals surface area contributed by atoms with Crippen LogP contribution in [0.5, 0.6) is 0 Å². The smallest absolute Gasteiger partial charge is 0.0855 e. The number of nitrogens with one attached hydrogen (secondary N) is 1. The Bertz CT molecular complexity index is 509. The second kappa shape index (κ2) is 5.52. The third-order valence-electron chi connectivity index (χ3n) is 2.57. The molecular weight excluding hydrogens is 322 g/mol. The van der Waals surface area contributed by atoms with Crippen LogP contribution in [0.4, 0.5) is 0 Å². The SMILES string of the molecule is CCn1ncc(Cl)c1C(NC)c1ccc(Br)s1. The number of thiophene rings is 1. The van der Waals surface area contributed by atoms with Gasteiger partial charge in [-0.3, -0.25) is 4.68 Å². The summed E-state index contributed by atoms with van der Waals surface area (Å²) in [5.41, 5.74) is 1.02. The van der Waals surface area contributed by atoms with E-state index in [1.807, 2.05) is 17.8 Å². The lowest BCUT2D eigenvalue weighted by Gasteiger charge is -2.16. The summed E-state index contributed by atoms with van der Waals surface area (Å²) < 4.78 is 3.04. The summed E-state index contributed by atoms with van der Waals surface area (Å²) in [6, 6.07) is 4.23. The number of rotatable bonds is 4. The molecule has 1 unspecified atom stereocenters. The molecule has 0 aliphatic rings. The molecule has 2 heterocycles. The van der Waals surface area contributed by atoms with Gasteiger partial charge in [-0.1, -0.05) is 11.6 Å². The Morgan fingerprint density at radius 1 is 1.59 bits per heavy atom. The summed E-state index contributed by atoms with van der Waals surface area (Å²) in [6.45, 7) is 2.87. The van der Waals surface area contributed by atoms with Crippen LogP contribution in [0.3, 0.4) is 0 Å². The van der Waals surface area contributed by atoms with Gasteiger partial charge in [0.15, 0.2) is 0 Å². The van der Waals surface area contributed by atoms with Gasteiger partial charge in [0.05, 0.1) is 26.7 Å². The zero-order chi connectivity index (χ0) is 12.4. The minimum absolute atomic E-state index is 0.0845. The van der Waals surface area contributed by atoms with Gasteiger partial charge >= 0.3 is 0 Å². The third-order valence-corrected chi connectivity index (χ3v) is 4.55. The summed E-state index contributed by atoms with van der Waals surface area (Å²) in [5.74, 6) is 0. The predicted octanol–water partition coefficient (Wildman–Crippen LogP) is 3.69. The molecule has 1 atom stereocenters. The van der Waals surface area contributed by atoms with E-state index >= 15 is 0 Å². The molecule has 3 nitrogen and oxygen atoms in total. The van der Waals surface area contributed by atoms with E-state index in [0.29, 0.717) is 5.02 Å². The predicted molar refractivity (Wildman–Crippen MR) is 75.8 cm³/mol. The van der Waals surface area contributed by atoms with Crippen LogP contribution < -0.4 is 5.32 Å². The minimum atomic E-state index is 0.0845. The van der Waals surface area contributed by atoms with Crippen LogP contribution in [0.15, 0.2) is 22.1 Å². The lowest BCUT2D eigenvalue weighted by atomic mass is 10.1. The van der Waals surface area contributed by atoms with Crippen LogP contribution >= 0.6 is 38.9 Å². The highest BCUT2D eigenvalue weighted by Crippen LogP contribution is 2.33. The fourth-order valence-electron chi connectivity index (χ4n) is 1.81. The molecule has 6 heteroatoms. The topological polar surface area (TPSA) is 29.9 Å². The van der Waals surface area contributed by atoms with E-state index < -0.39 is 0 Å².